The van der Waals surface area contributed by atoms with E-state index in [-0.39, 0.29) is 10.3 Å². The standard InChI is InChI=1S/C25H22F2OS/c1-2-3-4-5-6-16-7-9-17(10-8-16)18-11-12-19-20-13-14-22(26)23(27)24(20)28-25(29)21(19)15-18/h7-15H,2-6H2,1H3. The highest BCUT2D eigenvalue weighted by molar-refractivity contribution is 7.71. The molecule has 0 amide bonds. The topological polar surface area (TPSA) is 13.1 Å². The Morgan fingerprint density at radius 2 is 1.52 bits per heavy atom. The maximum atomic E-state index is 14.1. The average molecular weight is 409 g/mol. The summed E-state index contributed by atoms with van der Waals surface area (Å²) in [6, 6.07) is 17.1. The zero-order valence-corrected chi connectivity index (χ0v) is 17.1. The van der Waals surface area contributed by atoms with Crippen molar-refractivity contribution in [3.63, 3.8) is 0 Å². The molecule has 4 rings (SSSR count). The van der Waals surface area contributed by atoms with Crippen LogP contribution >= 0.6 is 12.2 Å². The quantitative estimate of drug-likeness (QED) is 0.180. The Morgan fingerprint density at radius 3 is 2.28 bits per heavy atom. The number of hydrogen-bond acceptors (Lipinski definition) is 2. The molecule has 0 N–H and O–H groups in total. The fourth-order valence-electron chi connectivity index (χ4n) is 3.74. The molecule has 1 aromatic heterocycles. The van der Waals surface area contributed by atoms with Gasteiger partial charge in [0.25, 0.3) is 0 Å². The Balaban J connectivity index is 1.69. The van der Waals surface area contributed by atoms with Gasteiger partial charge in [0.2, 0.25) is 5.82 Å². The normalized spacial score (nSPS) is 11.4. The van der Waals surface area contributed by atoms with Gasteiger partial charge in [-0.25, -0.2) is 4.39 Å². The molecule has 0 spiro atoms. The Labute approximate surface area is 174 Å². The Kier molecular flexibility index (Phi) is 5.72. The first kappa shape index (κ1) is 19.7. The summed E-state index contributed by atoms with van der Waals surface area (Å²) < 4.78 is 33.3. The summed E-state index contributed by atoms with van der Waals surface area (Å²) in [5, 5.41) is 1.99. The molecule has 0 atom stereocenters. The van der Waals surface area contributed by atoms with Crippen molar-refractivity contribution < 1.29 is 13.2 Å². The summed E-state index contributed by atoms with van der Waals surface area (Å²) in [5.74, 6) is -1.95. The van der Waals surface area contributed by atoms with E-state index in [1.165, 1.54) is 37.3 Å². The van der Waals surface area contributed by atoms with Crippen molar-refractivity contribution in [3.8, 4) is 11.1 Å². The highest BCUT2D eigenvalue weighted by Gasteiger charge is 2.14. The van der Waals surface area contributed by atoms with Crippen molar-refractivity contribution in [2.75, 3.05) is 0 Å². The molecule has 1 heterocycles. The number of unbranched alkanes of at least 4 members (excludes halogenated alkanes) is 3. The molecule has 0 saturated carbocycles. The second-order valence-corrected chi connectivity index (χ2v) is 7.77. The molecule has 0 aliphatic rings. The zero-order chi connectivity index (χ0) is 20.4. The van der Waals surface area contributed by atoms with Crippen LogP contribution in [-0.4, -0.2) is 0 Å². The molecule has 4 aromatic rings. The van der Waals surface area contributed by atoms with Crippen molar-refractivity contribution in [2.24, 2.45) is 0 Å². The van der Waals surface area contributed by atoms with Gasteiger partial charge in [0.1, 0.15) is 0 Å². The summed E-state index contributed by atoms with van der Waals surface area (Å²) >= 11 is 5.33. The average Bonchev–Trinajstić information content (AvgIpc) is 2.75. The molecule has 0 unspecified atom stereocenters. The predicted molar refractivity (Wildman–Crippen MR) is 118 cm³/mol. The molecule has 0 aliphatic heterocycles. The van der Waals surface area contributed by atoms with Crippen LogP contribution in [0.5, 0.6) is 0 Å². The van der Waals surface area contributed by atoms with E-state index in [0.29, 0.717) is 5.39 Å². The first-order chi connectivity index (χ1) is 14.1. The number of rotatable bonds is 6. The maximum Gasteiger partial charge on any atom is 0.201 e. The van der Waals surface area contributed by atoms with E-state index in [2.05, 4.69) is 31.2 Å². The van der Waals surface area contributed by atoms with Gasteiger partial charge < -0.3 is 4.42 Å². The van der Waals surface area contributed by atoms with Crippen molar-refractivity contribution in [1.82, 2.24) is 0 Å². The number of hydrogen-bond donors (Lipinski definition) is 0. The molecule has 0 aliphatic carbocycles. The highest BCUT2D eigenvalue weighted by Crippen LogP contribution is 2.32. The third-order valence-corrected chi connectivity index (χ3v) is 5.68. The lowest BCUT2D eigenvalue weighted by Crippen LogP contribution is -1.89. The van der Waals surface area contributed by atoms with Gasteiger partial charge in [-0.15, -0.1) is 0 Å². The third kappa shape index (κ3) is 3.95. The molecule has 148 valence electrons. The number of aryl methyl sites for hydroxylation is 1. The van der Waals surface area contributed by atoms with Crippen LogP contribution in [-0.2, 0) is 6.42 Å². The minimum atomic E-state index is -1.01. The highest BCUT2D eigenvalue weighted by atomic mass is 32.1. The lowest BCUT2D eigenvalue weighted by Gasteiger charge is -2.09. The first-order valence-electron chi connectivity index (χ1n) is 10.0. The van der Waals surface area contributed by atoms with Crippen LogP contribution in [0.4, 0.5) is 8.78 Å². The smallest absolute Gasteiger partial charge is 0.201 e. The van der Waals surface area contributed by atoms with Gasteiger partial charge in [0.15, 0.2) is 16.1 Å². The van der Waals surface area contributed by atoms with E-state index in [4.69, 9.17) is 16.6 Å². The predicted octanol–water partition coefficient (Wildman–Crippen LogP) is 8.38. The van der Waals surface area contributed by atoms with Crippen LogP contribution in [0.2, 0.25) is 0 Å². The first-order valence-corrected chi connectivity index (χ1v) is 10.4. The summed E-state index contributed by atoms with van der Waals surface area (Å²) in [5.41, 5.74) is 3.30. The summed E-state index contributed by atoms with van der Waals surface area (Å²) in [6.07, 6.45) is 6.12. The van der Waals surface area contributed by atoms with Gasteiger partial charge in [-0.1, -0.05) is 62.6 Å². The van der Waals surface area contributed by atoms with Gasteiger partial charge in [-0.05, 0) is 65.3 Å². The fraction of sp³-hybridized carbons (Fsp3) is 0.240. The van der Waals surface area contributed by atoms with Crippen molar-refractivity contribution in [1.29, 1.82) is 0 Å². The van der Waals surface area contributed by atoms with E-state index >= 15 is 0 Å². The van der Waals surface area contributed by atoms with E-state index in [9.17, 15) is 8.78 Å². The molecule has 3 aromatic carbocycles. The minimum absolute atomic E-state index is 0.136. The van der Waals surface area contributed by atoms with Crippen LogP contribution in [0, 0.1) is 16.3 Å². The SMILES string of the molecule is CCCCCCc1ccc(-c2ccc3c(c2)c(=S)oc2c(F)c(F)ccc23)cc1. The fourth-order valence-corrected chi connectivity index (χ4v) is 3.99. The lowest BCUT2D eigenvalue weighted by molar-refractivity contribution is 0.486. The minimum Gasteiger partial charge on any atom is -0.441 e. The van der Waals surface area contributed by atoms with Crippen LogP contribution < -0.4 is 0 Å². The van der Waals surface area contributed by atoms with E-state index in [1.54, 1.807) is 0 Å². The second kappa shape index (κ2) is 8.42. The molecule has 0 saturated heterocycles. The number of fused-ring (bicyclic) bond motifs is 3. The number of halogens is 2. The van der Waals surface area contributed by atoms with Crippen LogP contribution in [0.1, 0.15) is 38.2 Å². The molecular formula is C25H22F2OS. The lowest BCUT2D eigenvalue weighted by atomic mass is 9.98. The summed E-state index contributed by atoms with van der Waals surface area (Å²) in [6.45, 7) is 2.22. The largest absolute Gasteiger partial charge is 0.441 e. The third-order valence-electron chi connectivity index (χ3n) is 5.38. The van der Waals surface area contributed by atoms with Gasteiger partial charge >= 0.3 is 0 Å². The Bertz CT molecular complexity index is 1230. The Morgan fingerprint density at radius 1 is 0.793 bits per heavy atom. The van der Waals surface area contributed by atoms with E-state index in [0.717, 1.165) is 34.4 Å². The Hall–Kier alpha value is -2.59. The van der Waals surface area contributed by atoms with Crippen molar-refractivity contribution >= 4 is 34.0 Å². The second-order valence-electron chi connectivity index (χ2n) is 7.40. The van der Waals surface area contributed by atoms with Crippen molar-refractivity contribution in [2.45, 2.75) is 39.0 Å². The van der Waals surface area contributed by atoms with Crippen LogP contribution in [0.25, 0.3) is 32.9 Å². The van der Waals surface area contributed by atoms with Crippen LogP contribution in [0.15, 0.2) is 59.0 Å². The van der Waals surface area contributed by atoms with E-state index in [1.807, 2.05) is 18.2 Å². The van der Waals surface area contributed by atoms with E-state index < -0.39 is 11.6 Å². The van der Waals surface area contributed by atoms with Crippen LogP contribution in [0.3, 0.4) is 0 Å². The molecule has 0 fully saturated rings. The molecular weight excluding hydrogens is 386 g/mol. The molecule has 1 nitrogen and oxygen atoms in total. The molecule has 4 heteroatoms. The van der Waals surface area contributed by atoms with Gasteiger partial charge in [0.05, 0.1) is 0 Å². The summed E-state index contributed by atoms with van der Waals surface area (Å²) in [7, 11) is 0. The van der Waals surface area contributed by atoms with Crippen molar-refractivity contribution in [3.05, 3.63) is 76.5 Å². The van der Waals surface area contributed by atoms with Gasteiger partial charge in [0, 0.05) is 10.8 Å². The molecule has 0 radical (unpaired) electrons. The van der Waals surface area contributed by atoms with Gasteiger partial charge in [-0.2, -0.15) is 4.39 Å². The zero-order valence-electron chi connectivity index (χ0n) is 16.3. The molecule has 29 heavy (non-hydrogen) atoms. The monoisotopic (exact) mass is 408 g/mol. The summed E-state index contributed by atoms with van der Waals surface area (Å²) in [4.78, 5) is 0. The van der Waals surface area contributed by atoms with Gasteiger partial charge in [-0.3, -0.25) is 0 Å². The number of benzene rings is 3. The maximum absolute atomic E-state index is 14.1. The molecule has 0 bridgehead atoms.